The van der Waals surface area contributed by atoms with Crippen LogP contribution in [0.2, 0.25) is 0 Å². The zero-order chi connectivity index (χ0) is 19.4. The van der Waals surface area contributed by atoms with E-state index in [1.54, 1.807) is 0 Å². The first-order valence-corrected chi connectivity index (χ1v) is 9.23. The summed E-state index contributed by atoms with van der Waals surface area (Å²) < 4.78 is 1.42. The Hall–Kier alpha value is -2.74. The fraction of sp³-hybridized carbons (Fsp3) is 0.474. The number of hydrogen-bond donors (Lipinski definition) is 0. The summed E-state index contributed by atoms with van der Waals surface area (Å²) in [5.74, 6) is -0.0227. The van der Waals surface area contributed by atoms with Crippen molar-refractivity contribution in [3.05, 3.63) is 57.9 Å². The molecule has 0 radical (unpaired) electrons. The largest absolute Gasteiger partial charge is 0.338 e. The van der Waals surface area contributed by atoms with Crippen molar-refractivity contribution in [3.63, 3.8) is 0 Å². The molecule has 1 aromatic heterocycles. The lowest BCUT2D eigenvalue weighted by atomic mass is 10.1. The Kier molecular flexibility index (Phi) is 5.85. The van der Waals surface area contributed by atoms with Crippen LogP contribution < -0.4 is 0 Å². The predicted molar refractivity (Wildman–Crippen MR) is 101 cm³/mol. The highest BCUT2D eigenvalue weighted by atomic mass is 16.6. The third-order valence-electron chi connectivity index (χ3n) is 5.00. The maximum atomic E-state index is 12.9. The molecular formula is C19H25N5O3. The van der Waals surface area contributed by atoms with Gasteiger partial charge in [-0.05, 0) is 18.9 Å². The van der Waals surface area contributed by atoms with Crippen molar-refractivity contribution in [2.75, 3.05) is 26.2 Å². The average molecular weight is 371 g/mol. The SMILES string of the molecule is CCC(C(=O)N1CCN(Cc2ccc(C)cc2)CC1)n1cc([N+](=O)[O-])cn1. The van der Waals surface area contributed by atoms with E-state index >= 15 is 0 Å². The molecule has 1 aliphatic rings. The molecule has 1 aromatic carbocycles. The van der Waals surface area contributed by atoms with Gasteiger partial charge in [-0.15, -0.1) is 0 Å². The van der Waals surface area contributed by atoms with Gasteiger partial charge in [-0.1, -0.05) is 36.8 Å². The Balaban J connectivity index is 1.57. The number of piperazine rings is 1. The molecule has 2 aromatic rings. The van der Waals surface area contributed by atoms with Gasteiger partial charge in [0.1, 0.15) is 18.4 Å². The Morgan fingerprint density at radius 2 is 1.89 bits per heavy atom. The van der Waals surface area contributed by atoms with Crippen LogP contribution in [0, 0.1) is 17.0 Å². The van der Waals surface area contributed by atoms with Crippen LogP contribution in [0.25, 0.3) is 0 Å². The molecule has 1 unspecified atom stereocenters. The van der Waals surface area contributed by atoms with Gasteiger partial charge in [0.2, 0.25) is 5.91 Å². The molecule has 2 heterocycles. The van der Waals surface area contributed by atoms with E-state index in [0.717, 1.165) is 19.6 Å². The first kappa shape index (κ1) is 19.0. The summed E-state index contributed by atoms with van der Waals surface area (Å²) in [6, 6.07) is 8.02. The van der Waals surface area contributed by atoms with Crippen molar-refractivity contribution in [2.45, 2.75) is 32.9 Å². The Bertz CT molecular complexity index is 794. The lowest BCUT2D eigenvalue weighted by Gasteiger charge is -2.36. The standard InChI is InChI=1S/C19H25N5O3/c1-3-18(23-14-17(12-20-23)24(26)27)19(25)22-10-8-21(9-11-22)13-16-6-4-15(2)5-7-16/h4-7,12,14,18H,3,8-11,13H2,1-2H3. The summed E-state index contributed by atoms with van der Waals surface area (Å²) in [6.07, 6.45) is 3.07. The van der Waals surface area contributed by atoms with Crippen molar-refractivity contribution in [3.8, 4) is 0 Å². The van der Waals surface area contributed by atoms with E-state index in [4.69, 9.17) is 0 Å². The molecule has 0 saturated carbocycles. The van der Waals surface area contributed by atoms with Gasteiger partial charge < -0.3 is 4.90 Å². The summed E-state index contributed by atoms with van der Waals surface area (Å²) in [5.41, 5.74) is 2.43. The summed E-state index contributed by atoms with van der Waals surface area (Å²) in [4.78, 5) is 27.4. The molecule has 8 nitrogen and oxygen atoms in total. The van der Waals surface area contributed by atoms with E-state index < -0.39 is 11.0 Å². The van der Waals surface area contributed by atoms with Crippen LogP contribution in [0.15, 0.2) is 36.7 Å². The second-order valence-corrected chi connectivity index (χ2v) is 6.95. The Morgan fingerprint density at radius 3 is 2.44 bits per heavy atom. The molecule has 1 saturated heterocycles. The molecule has 8 heteroatoms. The highest BCUT2D eigenvalue weighted by Crippen LogP contribution is 2.19. The number of nitro groups is 1. The first-order valence-electron chi connectivity index (χ1n) is 9.23. The van der Waals surface area contributed by atoms with Crippen LogP contribution in [0.4, 0.5) is 5.69 Å². The molecule has 27 heavy (non-hydrogen) atoms. The molecular weight excluding hydrogens is 346 g/mol. The van der Waals surface area contributed by atoms with Gasteiger partial charge in [-0.2, -0.15) is 5.10 Å². The number of carbonyl (C=O) groups is 1. The third kappa shape index (κ3) is 4.51. The average Bonchev–Trinajstić information content (AvgIpc) is 3.15. The monoisotopic (exact) mass is 371 g/mol. The molecule has 1 atom stereocenters. The molecule has 0 bridgehead atoms. The number of aromatic nitrogens is 2. The Labute approximate surface area is 158 Å². The number of carbonyl (C=O) groups excluding carboxylic acids is 1. The minimum Gasteiger partial charge on any atom is -0.338 e. The van der Waals surface area contributed by atoms with Crippen molar-refractivity contribution >= 4 is 11.6 Å². The molecule has 3 rings (SSSR count). The van der Waals surface area contributed by atoms with E-state index in [-0.39, 0.29) is 11.6 Å². The van der Waals surface area contributed by atoms with Crippen molar-refractivity contribution < 1.29 is 9.72 Å². The summed E-state index contributed by atoms with van der Waals surface area (Å²) in [7, 11) is 0. The first-order chi connectivity index (χ1) is 13.0. The van der Waals surface area contributed by atoms with Gasteiger partial charge in [-0.3, -0.25) is 24.5 Å². The second kappa shape index (κ2) is 8.30. The normalized spacial score (nSPS) is 16.3. The molecule has 1 aliphatic heterocycles. The van der Waals surface area contributed by atoms with Gasteiger partial charge in [-0.25, -0.2) is 0 Å². The van der Waals surface area contributed by atoms with Crippen LogP contribution in [-0.4, -0.2) is 56.6 Å². The molecule has 144 valence electrons. The molecule has 0 N–H and O–H groups in total. The van der Waals surface area contributed by atoms with Crippen LogP contribution in [0.1, 0.15) is 30.5 Å². The van der Waals surface area contributed by atoms with Crippen LogP contribution in [0.3, 0.4) is 0 Å². The van der Waals surface area contributed by atoms with E-state index in [9.17, 15) is 14.9 Å². The van der Waals surface area contributed by atoms with Gasteiger partial charge in [0, 0.05) is 32.7 Å². The molecule has 1 fully saturated rings. The lowest BCUT2D eigenvalue weighted by Crippen LogP contribution is -2.50. The quantitative estimate of drug-likeness (QED) is 0.575. The second-order valence-electron chi connectivity index (χ2n) is 6.95. The van der Waals surface area contributed by atoms with Crippen LogP contribution in [0.5, 0.6) is 0 Å². The summed E-state index contributed by atoms with van der Waals surface area (Å²) in [6.45, 7) is 7.79. The minimum absolute atomic E-state index is 0.0227. The highest BCUT2D eigenvalue weighted by molar-refractivity contribution is 5.80. The summed E-state index contributed by atoms with van der Waals surface area (Å²) >= 11 is 0. The third-order valence-corrected chi connectivity index (χ3v) is 5.00. The van der Waals surface area contributed by atoms with E-state index in [1.165, 1.54) is 28.2 Å². The van der Waals surface area contributed by atoms with Crippen LogP contribution in [-0.2, 0) is 11.3 Å². The fourth-order valence-electron chi connectivity index (χ4n) is 3.36. The molecule has 1 amide bonds. The Morgan fingerprint density at radius 1 is 1.22 bits per heavy atom. The van der Waals surface area contributed by atoms with E-state index in [1.807, 2.05) is 11.8 Å². The predicted octanol–water partition coefficient (Wildman–Crippen LogP) is 2.40. The van der Waals surface area contributed by atoms with E-state index in [0.29, 0.717) is 19.5 Å². The zero-order valence-electron chi connectivity index (χ0n) is 15.7. The maximum Gasteiger partial charge on any atom is 0.307 e. The van der Waals surface area contributed by atoms with Crippen molar-refractivity contribution in [1.82, 2.24) is 19.6 Å². The number of aryl methyl sites for hydroxylation is 1. The number of benzene rings is 1. The maximum absolute atomic E-state index is 12.9. The zero-order valence-corrected chi connectivity index (χ0v) is 15.7. The smallest absolute Gasteiger partial charge is 0.307 e. The van der Waals surface area contributed by atoms with Crippen molar-refractivity contribution in [2.24, 2.45) is 0 Å². The number of amides is 1. The van der Waals surface area contributed by atoms with E-state index in [2.05, 4.69) is 41.2 Å². The van der Waals surface area contributed by atoms with Gasteiger partial charge in [0.05, 0.1) is 4.92 Å². The number of nitrogens with zero attached hydrogens (tertiary/aromatic N) is 5. The van der Waals surface area contributed by atoms with Gasteiger partial charge in [0.25, 0.3) is 0 Å². The van der Waals surface area contributed by atoms with Crippen LogP contribution >= 0.6 is 0 Å². The van der Waals surface area contributed by atoms with Gasteiger partial charge in [0.15, 0.2) is 0 Å². The lowest BCUT2D eigenvalue weighted by molar-refractivity contribution is -0.385. The number of hydrogen-bond acceptors (Lipinski definition) is 5. The number of rotatable bonds is 6. The summed E-state index contributed by atoms with van der Waals surface area (Å²) in [5, 5.41) is 14.9. The topological polar surface area (TPSA) is 84.5 Å². The molecule has 0 aliphatic carbocycles. The molecule has 0 spiro atoms. The highest BCUT2D eigenvalue weighted by Gasteiger charge is 2.29. The fourth-order valence-corrected chi connectivity index (χ4v) is 3.36. The van der Waals surface area contributed by atoms with Crippen molar-refractivity contribution in [1.29, 1.82) is 0 Å². The van der Waals surface area contributed by atoms with Gasteiger partial charge >= 0.3 is 5.69 Å². The minimum atomic E-state index is -0.498.